The summed E-state index contributed by atoms with van der Waals surface area (Å²) >= 11 is 7.73. The van der Waals surface area contributed by atoms with Gasteiger partial charge in [0.15, 0.2) is 0 Å². The Morgan fingerprint density at radius 1 is 1.08 bits per heavy atom. The first-order valence-corrected chi connectivity index (χ1v) is 9.03. The zero-order chi connectivity index (χ0) is 18.0. The number of nitrogens with zero attached hydrogens (tertiary/aromatic N) is 1. The van der Waals surface area contributed by atoms with Crippen LogP contribution in [0.2, 0.25) is 5.02 Å². The fraction of sp³-hybridized carbons (Fsp3) is 0.300. The molecule has 2 nitrogen and oxygen atoms in total. The monoisotopic (exact) mass is 358 g/mol. The summed E-state index contributed by atoms with van der Waals surface area (Å²) in [6, 6.07) is 7.48. The molecule has 24 heavy (non-hydrogen) atoms. The van der Waals surface area contributed by atoms with Gasteiger partial charge in [0.05, 0.1) is 5.71 Å². The highest BCUT2D eigenvalue weighted by Gasteiger charge is 2.22. The van der Waals surface area contributed by atoms with Crippen LogP contribution in [0, 0.1) is 19.3 Å². The molecule has 0 saturated carbocycles. The molecule has 1 aromatic carbocycles. The highest BCUT2D eigenvalue weighted by Crippen LogP contribution is 2.36. The number of hydrogen-bond acceptors (Lipinski definition) is 3. The number of nitrogens with one attached hydrogen (secondary N) is 1. The predicted molar refractivity (Wildman–Crippen MR) is 108 cm³/mol. The Morgan fingerprint density at radius 2 is 1.67 bits per heavy atom. The molecule has 126 valence electrons. The second-order valence-corrected chi connectivity index (χ2v) is 7.71. The number of halogens is 1. The molecule has 0 atom stereocenters. The van der Waals surface area contributed by atoms with E-state index in [2.05, 4.69) is 32.7 Å². The smallest absolute Gasteiger partial charge is 0.0702 e. The normalized spacial score (nSPS) is 11.5. The van der Waals surface area contributed by atoms with Gasteiger partial charge < -0.3 is 0 Å². The minimum Gasteiger partial charge on any atom is -0.300 e. The Balaban J connectivity index is 2.69. The highest BCUT2D eigenvalue weighted by atomic mass is 35.5. The number of benzene rings is 1. The predicted octanol–water partition coefficient (Wildman–Crippen LogP) is 6.32. The lowest BCUT2D eigenvalue weighted by Gasteiger charge is -2.13. The van der Waals surface area contributed by atoms with Gasteiger partial charge in [-0.05, 0) is 52.3 Å². The molecular weight excluding hydrogens is 336 g/mol. The minimum absolute atomic E-state index is 0.533. The summed E-state index contributed by atoms with van der Waals surface area (Å²) in [7, 11) is 1.82. The number of allylic oxidation sites excluding steroid dienone is 2. The molecule has 1 N–H and O–H groups in total. The lowest BCUT2D eigenvalue weighted by Crippen LogP contribution is -2.08. The molecule has 2 rings (SSSR count). The number of hydrogen-bond donors (Lipinski definition) is 1. The molecule has 1 aromatic heterocycles. The SMILES string of the molecule is CN=C(C)C(=C(C)C)c1sc(C)c(C)c1C(=N)c1ccc(Cl)cc1. The van der Waals surface area contributed by atoms with E-state index in [4.69, 9.17) is 17.0 Å². The maximum absolute atomic E-state index is 8.77. The van der Waals surface area contributed by atoms with E-state index in [-0.39, 0.29) is 0 Å². The first-order chi connectivity index (χ1) is 11.3. The largest absolute Gasteiger partial charge is 0.300 e. The molecule has 0 amide bonds. The average molecular weight is 359 g/mol. The van der Waals surface area contributed by atoms with E-state index in [1.54, 1.807) is 11.3 Å². The number of aliphatic imine (C=N–C) groups is 1. The summed E-state index contributed by atoms with van der Waals surface area (Å²) < 4.78 is 0. The Kier molecular flexibility index (Phi) is 5.79. The number of thiophene rings is 1. The van der Waals surface area contributed by atoms with Gasteiger partial charge in [0.2, 0.25) is 0 Å². The molecule has 0 aliphatic carbocycles. The summed E-state index contributed by atoms with van der Waals surface area (Å²) in [6.45, 7) is 10.4. The van der Waals surface area contributed by atoms with Crippen LogP contribution in [0.4, 0.5) is 0 Å². The molecule has 0 fully saturated rings. The van der Waals surface area contributed by atoms with Crippen LogP contribution in [-0.4, -0.2) is 18.5 Å². The molecule has 4 heteroatoms. The van der Waals surface area contributed by atoms with Crippen LogP contribution in [0.15, 0.2) is 34.8 Å². The average Bonchev–Trinajstić information content (AvgIpc) is 2.82. The second kappa shape index (κ2) is 7.45. The molecule has 0 saturated heterocycles. The van der Waals surface area contributed by atoms with Gasteiger partial charge in [0.1, 0.15) is 0 Å². The Labute approximate surface area is 153 Å². The van der Waals surface area contributed by atoms with Crippen molar-refractivity contribution in [3.8, 4) is 0 Å². The third-order valence-electron chi connectivity index (χ3n) is 4.19. The Hall–Kier alpha value is -1.71. The van der Waals surface area contributed by atoms with Crippen molar-refractivity contribution in [2.75, 3.05) is 7.05 Å². The van der Waals surface area contributed by atoms with Crippen molar-refractivity contribution >= 4 is 39.9 Å². The summed E-state index contributed by atoms with van der Waals surface area (Å²) in [5, 5.41) is 9.45. The van der Waals surface area contributed by atoms with E-state index in [0.717, 1.165) is 32.9 Å². The maximum Gasteiger partial charge on any atom is 0.0702 e. The lowest BCUT2D eigenvalue weighted by atomic mass is 9.93. The summed E-state index contributed by atoms with van der Waals surface area (Å²) in [5.41, 5.74) is 6.93. The molecule has 0 aliphatic rings. The van der Waals surface area contributed by atoms with E-state index < -0.39 is 0 Å². The van der Waals surface area contributed by atoms with E-state index in [9.17, 15) is 0 Å². The van der Waals surface area contributed by atoms with Gasteiger partial charge in [-0.1, -0.05) is 29.3 Å². The van der Waals surface area contributed by atoms with Crippen LogP contribution in [0.3, 0.4) is 0 Å². The van der Waals surface area contributed by atoms with Crippen molar-refractivity contribution in [1.82, 2.24) is 0 Å². The zero-order valence-electron chi connectivity index (χ0n) is 15.0. The van der Waals surface area contributed by atoms with Crippen LogP contribution in [0.25, 0.3) is 5.57 Å². The minimum atomic E-state index is 0.533. The quantitative estimate of drug-likeness (QED) is 0.621. The van der Waals surface area contributed by atoms with Gasteiger partial charge in [0.25, 0.3) is 0 Å². The number of aryl methyl sites for hydroxylation is 1. The van der Waals surface area contributed by atoms with Gasteiger partial charge in [-0.3, -0.25) is 10.4 Å². The van der Waals surface area contributed by atoms with Gasteiger partial charge in [0, 0.05) is 44.2 Å². The van der Waals surface area contributed by atoms with E-state index in [1.165, 1.54) is 10.5 Å². The Bertz CT molecular complexity index is 835. The summed E-state index contributed by atoms with van der Waals surface area (Å²) in [5.74, 6) is 0. The van der Waals surface area contributed by atoms with Gasteiger partial charge in [-0.15, -0.1) is 11.3 Å². The van der Waals surface area contributed by atoms with Crippen LogP contribution < -0.4 is 0 Å². The molecule has 0 aliphatic heterocycles. The van der Waals surface area contributed by atoms with E-state index in [1.807, 2.05) is 38.2 Å². The van der Waals surface area contributed by atoms with Crippen LogP contribution >= 0.6 is 22.9 Å². The number of rotatable bonds is 4. The molecule has 1 heterocycles. The zero-order valence-corrected chi connectivity index (χ0v) is 16.6. The molecule has 0 radical (unpaired) electrons. The summed E-state index contributed by atoms with van der Waals surface area (Å²) in [6.07, 6.45) is 0. The molecule has 0 bridgehead atoms. The lowest BCUT2D eigenvalue weighted by molar-refractivity contribution is 1.36. The van der Waals surface area contributed by atoms with Gasteiger partial charge in [-0.2, -0.15) is 0 Å². The van der Waals surface area contributed by atoms with E-state index in [0.29, 0.717) is 10.7 Å². The summed E-state index contributed by atoms with van der Waals surface area (Å²) in [4.78, 5) is 6.76. The van der Waals surface area contributed by atoms with Crippen molar-refractivity contribution in [3.05, 3.63) is 61.3 Å². The molecule has 0 unspecified atom stereocenters. The van der Waals surface area contributed by atoms with Crippen molar-refractivity contribution in [2.45, 2.75) is 34.6 Å². The van der Waals surface area contributed by atoms with Crippen LogP contribution in [0.5, 0.6) is 0 Å². The standard InChI is InChI=1S/C20H23ClN2S/c1-11(2)17(13(4)23-6)20-18(12(3)14(5)24-20)19(22)15-7-9-16(21)10-8-15/h7-10,22H,1-6H3. The van der Waals surface area contributed by atoms with Crippen molar-refractivity contribution in [3.63, 3.8) is 0 Å². The van der Waals surface area contributed by atoms with Crippen LogP contribution in [0.1, 0.15) is 47.2 Å². The Morgan fingerprint density at radius 3 is 2.17 bits per heavy atom. The molecule has 2 aromatic rings. The van der Waals surface area contributed by atoms with Crippen molar-refractivity contribution in [2.24, 2.45) is 4.99 Å². The fourth-order valence-corrected chi connectivity index (χ4v) is 4.23. The highest BCUT2D eigenvalue weighted by molar-refractivity contribution is 7.14. The third kappa shape index (κ3) is 3.52. The fourth-order valence-electron chi connectivity index (χ4n) is 2.73. The molecule has 0 spiro atoms. The first-order valence-electron chi connectivity index (χ1n) is 7.84. The maximum atomic E-state index is 8.77. The van der Waals surface area contributed by atoms with Gasteiger partial charge in [-0.25, -0.2) is 0 Å². The topological polar surface area (TPSA) is 36.2 Å². The van der Waals surface area contributed by atoms with E-state index >= 15 is 0 Å². The van der Waals surface area contributed by atoms with Crippen molar-refractivity contribution < 1.29 is 0 Å². The first kappa shape index (κ1) is 18.6. The van der Waals surface area contributed by atoms with Crippen molar-refractivity contribution in [1.29, 1.82) is 5.41 Å². The van der Waals surface area contributed by atoms with Gasteiger partial charge >= 0.3 is 0 Å². The van der Waals surface area contributed by atoms with Crippen LogP contribution in [-0.2, 0) is 0 Å². The molecular formula is C20H23ClN2S. The second-order valence-electron chi connectivity index (χ2n) is 6.05. The third-order valence-corrected chi connectivity index (χ3v) is 5.67.